The first-order chi connectivity index (χ1) is 8.79. The van der Waals surface area contributed by atoms with E-state index in [2.05, 4.69) is 68.4 Å². The van der Waals surface area contributed by atoms with Crippen molar-refractivity contribution in [1.29, 1.82) is 0 Å². The first-order valence-electron chi connectivity index (χ1n) is 6.29. The Morgan fingerprint density at radius 3 is 1.94 bits per heavy atom. The molecule has 2 heteroatoms. The average Bonchev–Trinajstić information content (AvgIpc) is 2.46. The Balaban J connectivity index is 1.94. The van der Waals surface area contributed by atoms with E-state index in [4.69, 9.17) is 0 Å². The normalized spacial score (nSPS) is 12.3. The highest BCUT2D eigenvalue weighted by Gasteiger charge is 2.03. The van der Waals surface area contributed by atoms with Crippen molar-refractivity contribution in [3.05, 3.63) is 60.2 Å². The second-order valence-electron chi connectivity index (χ2n) is 4.36. The molecule has 0 aliphatic rings. The van der Waals surface area contributed by atoms with Gasteiger partial charge in [-0.05, 0) is 42.2 Å². The van der Waals surface area contributed by atoms with Crippen LogP contribution in [0.2, 0.25) is 0 Å². The standard InChI is InChI=1S/C16H18S2/c1-3-13(2)14-9-11-16(12-10-14)18-17-15-7-5-4-6-8-15/h4-13H,3H2,1-2H3. The zero-order valence-electron chi connectivity index (χ0n) is 10.8. The molecule has 0 saturated carbocycles. The molecule has 94 valence electrons. The Bertz CT molecular complexity index is 462. The fourth-order valence-electron chi connectivity index (χ4n) is 1.66. The summed E-state index contributed by atoms with van der Waals surface area (Å²) in [4.78, 5) is 2.62. The summed E-state index contributed by atoms with van der Waals surface area (Å²) in [5, 5.41) is 0. The van der Waals surface area contributed by atoms with Gasteiger partial charge >= 0.3 is 0 Å². The lowest BCUT2D eigenvalue weighted by Gasteiger charge is -2.09. The van der Waals surface area contributed by atoms with Crippen LogP contribution < -0.4 is 0 Å². The maximum Gasteiger partial charge on any atom is 0.0186 e. The molecule has 2 aromatic rings. The first kappa shape index (κ1) is 13.6. The van der Waals surface area contributed by atoms with Crippen molar-refractivity contribution in [1.82, 2.24) is 0 Å². The van der Waals surface area contributed by atoms with E-state index in [1.54, 1.807) is 0 Å². The van der Waals surface area contributed by atoms with E-state index >= 15 is 0 Å². The summed E-state index contributed by atoms with van der Waals surface area (Å²) < 4.78 is 0. The van der Waals surface area contributed by atoms with E-state index in [1.807, 2.05) is 21.6 Å². The van der Waals surface area contributed by atoms with Gasteiger partial charge in [-0.1, -0.05) is 65.8 Å². The molecular weight excluding hydrogens is 256 g/mol. The minimum atomic E-state index is 0.658. The van der Waals surface area contributed by atoms with Gasteiger partial charge in [-0.2, -0.15) is 0 Å². The summed E-state index contributed by atoms with van der Waals surface area (Å²) in [6.45, 7) is 4.51. The molecule has 1 unspecified atom stereocenters. The molecule has 2 aromatic carbocycles. The molecule has 0 radical (unpaired) electrons. The van der Waals surface area contributed by atoms with Crippen molar-refractivity contribution in [2.45, 2.75) is 36.0 Å². The lowest BCUT2D eigenvalue weighted by Crippen LogP contribution is -1.89. The molecule has 0 heterocycles. The van der Waals surface area contributed by atoms with Crippen LogP contribution in [0.4, 0.5) is 0 Å². The maximum atomic E-state index is 2.28. The lowest BCUT2D eigenvalue weighted by molar-refractivity contribution is 0.733. The Morgan fingerprint density at radius 2 is 1.39 bits per heavy atom. The van der Waals surface area contributed by atoms with Gasteiger partial charge in [-0.15, -0.1) is 0 Å². The third kappa shape index (κ3) is 3.82. The summed E-state index contributed by atoms with van der Waals surface area (Å²) in [5.74, 6) is 0.658. The second kappa shape index (κ2) is 6.91. The highest BCUT2D eigenvalue weighted by Crippen LogP contribution is 2.37. The van der Waals surface area contributed by atoms with Crippen molar-refractivity contribution in [2.24, 2.45) is 0 Å². The largest absolute Gasteiger partial charge is 0.0648 e. The number of hydrogen-bond donors (Lipinski definition) is 0. The van der Waals surface area contributed by atoms with E-state index in [-0.39, 0.29) is 0 Å². The third-order valence-electron chi connectivity index (χ3n) is 3.04. The van der Waals surface area contributed by atoms with Gasteiger partial charge in [0.15, 0.2) is 0 Å². The molecule has 0 fully saturated rings. The Labute approximate surface area is 118 Å². The Kier molecular flexibility index (Phi) is 5.21. The molecule has 0 aliphatic heterocycles. The van der Waals surface area contributed by atoms with Crippen LogP contribution in [0.15, 0.2) is 64.4 Å². The van der Waals surface area contributed by atoms with Crippen LogP contribution in [0.25, 0.3) is 0 Å². The highest BCUT2D eigenvalue weighted by atomic mass is 33.1. The second-order valence-corrected chi connectivity index (χ2v) is 6.63. The fraction of sp³-hybridized carbons (Fsp3) is 0.250. The minimum Gasteiger partial charge on any atom is -0.0648 e. The van der Waals surface area contributed by atoms with Crippen molar-refractivity contribution in [3.8, 4) is 0 Å². The van der Waals surface area contributed by atoms with Crippen LogP contribution in [0.5, 0.6) is 0 Å². The molecule has 0 nitrogen and oxygen atoms in total. The fourth-order valence-corrected chi connectivity index (χ4v) is 3.61. The molecule has 0 bridgehead atoms. The predicted molar refractivity (Wildman–Crippen MR) is 83.3 cm³/mol. The van der Waals surface area contributed by atoms with E-state index in [1.165, 1.54) is 21.8 Å². The molecule has 0 N–H and O–H groups in total. The highest BCUT2D eigenvalue weighted by molar-refractivity contribution is 8.76. The van der Waals surface area contributed by atoms with Gasteiger partial charge in [-0.25, -0.2) is 0 Å². The van der Waals surface area contributed by atoms with Crippen LogP contribution in [-0.4, -0.2) is 0 Å². The van der Waals surface area contributed by atoms with Gasteiger partial charge in [0.05, 0.1) is 0 Å². The van der Waals surface area contributed by atoms with E-state index in [0.29, 0.717) is 5.92 Å². The number of hydrogen-bond acceptors (Lipinski definition) is 2. The summed E-state index contributed by atoms with van der Waals surface area (Å²) in [6, 6.07) is 19.4. The maximum absolute atomic E-state index is 2.28. The molecule has 2 rings (SSSR count). The molecular formula is C16H18S2. The SMILES string of the molecule is CCC(C)c1ccc(SSc2ccccc2)cc1. The zero-order chi connectivity index (χ0) is 12.8. The minimum absolute atomic E-state index is 0.658. The monoisotopic (exact) mass is 274 g/mol. The first-order valence-corrected chi connectivity index (χ1v) is 8.44. The summed E-state index contributed by atoms with van der Waals surface area (Å²) in [7, 11) is 3.63. The van der Waals surface area contributed by atoms with Crippen LogP contribution >= 0.6 is 21.6 Å². The van der Waals surface area contributed by atoms with Gasteiger partial charge < -0.3 is 0 Å². The van der Waals surface area contributed by atoms with E-state index in [9.17, 15) is 0 Å². The van der Waals surface area contributed by atoms with E-state index in [0.717, 1.165) is 0 Å². The Hall–Kier alpha value is -0.860. The molecule has 0 amide bonds. The molecule has 1 atom stereocenters. The smallest absolute Gasteiger partial charge is 0.0186 e. The van der Waals surface area contributed by atoms with Crippen LogP contribution in [0.3, 0.4) is 0 Å². The average molecular weight is 274 g/mol. The number of benzene rings is 2. The van der Waals surface area contributed by atoms with Gasteiger partial charge in [0.2, 0.25) is 0 Å². The zero-order valence-corrected chi connectivity index (χ0v) is 12.4. The third-order valence-corrected chi connectivity index (χ3v) is 5.46. The van der Waals surface area contributed by atoms with Gasteiger partial charge in [0.1, 0.15) is 0 Å². The van der Waals surface area contributed by atoms with Crippen LogP contribution in [-0.2, 0) is 0 Å². The molecule has 0 aromatic heterocycles. The lowest BCUT2D eigenvalue weighted by atomic mass is 9.99. The molecule has 0 aliphatic carbocycles. The van der Waals surface area contributed by atoms with Gasteiger partial charge in [-0.3, -0.25) is 0 Å². The quantitative estimate of drug-likeness (QED) is 0.613. The molecule has 0 saturated heterocycles. The van der Waals surface area contributed by atoms with Crippen molar-refractivity contribution in [2.75, 3.05) is 0 Å². The van der Waals surface area contributed by atoms with Crippen molar-refractivity contribution in [3.63, 3.8) is 0 Å². The summed E-state index contributed by atoms with van der Waals surface area (Å²) >= 11 is 0. The van der Waals surface area contributed by atoms with Crippen LogP contribution in [0.1, 0.15) is 31.7 Å². The van der Waals surface area contributed by atoms with E-state index < -0.39 is 0 Å². The number of rotatable bonds is 5. The van der Waals surface area contributed by atoms with Gasteiger partial charge in [0.25, 0.3) is 0 Å². The predicted octanol–water partition coefficient (Wildman–Crippen LogP) is 6.00. The summed E-state index contributed by atoms with van der Waals surface area (Å²) in [6.07, 6.45) is 1.20. The molecule has 18 heavy (non-hydrogen) atoms. The van der Waals surface area contributed by atoms with Crippen LogP contribution in [0, 0.1) is 0 Å². The van der Waals surface area contributed by atoms with Crippen molar-refractivity contribution >= 4 is 21.6 Å². The topological polar surface area (TPSA) is 0 Å². The van der Waals surface area contributed by atoms with Crippen molar-refractivity contribution < 1.29 is 0 Å². The summed E-state index contributed by atoms with van der Waals surface area (Å²) in [5.41, 5.74) is 1.44. The Morgan fingerprint density at radius 1 is 0.833 bits per heavy atom. The molecule has 0 spiro atoms. The van der Waals surface area contributed by atoms with Gasteiger partial charge in [0, 0.05) is 9.79 Å².